The lowest BCUT2D eigenvalue weighted by Crippen LogP contribution is -2.42. The molecule has 2 aromatic heterocycles. The number of amides is 1. The maximum Gasteiger partial charge on any atom is 0.293 e. The Balaban J connectivity index is 1.44. The number of piperidine rings is 1. The number of ketones is 1. The Labute approximate surface area is 184 Å². The summed E-state index contributed by atoms with van der Waals surface area (Å²) in [6, 6.07) is 7.75. The summed E-state index contributed by atoms with van der Waals surface area (Å²) in [5, 5.41) is 14.9. The van der Waals surface area contributed by atoms with Gasteiger partial charge in [0.05, 0.1) is 4.92 Å². The largest absolute Gasteiger partial charge is 0.377 e. The Morgan fingerprint density at radius 3 is 2.44 bits per heavy atom. The Morgan fingerprint density at radius 1 is 1.09 bits per heavy atom. The number of nitro groups is 1. The van der Waals surface area contributed by atoms with Crippen molar-refractivity contribution in [1.82, 2.24) is 19.4 Å². The number of hydrogen-bond acceptors (Lipinski definition) is 7. The van der Waals surface area contributed by atoms with E-state index in [1.54, 1.807) is 59.4 Å². The molecule has 1 aromatic carbocycles. The van der Waals surface area contributed by atoms with Crippen molar-refractivity contribution in [2.75, 3.05) is 18.4 Å². The van der Waals surface area contributed by atoms with Crippen molar-refractivity contribution in [3.8, 4) is 0 Å². The van der Waals surface area contributed by atoms with E-state index in [4.69, 9.17) is 0 Å². The molecule has 3 heterocycles. The van der Waals surface area contributed by atoms with Gasteiger partial charge in [0, 0.05) is 68.2 Å². The number of nitrogens with one attached hydrogen (secondary N) is 1. The van der Waals surface area contributed by atoms with Gasteiger partial charge in [-0.2, -0.15) is 0 Å². The van der Waals surface area contributed by atoms with Gasteiger partial charge in [-0.25, -0.2) is 4.98 Å². The molecule has 164 valence electrons. The minimum Gasteiger partial charge on any atom is -0.377 e. The maximum atomic E-state index is 12.7. The summed E-state index contributed by atoms with van der Waals surface area (Å²) >= 11 is 0. The quantitative estimate of drug-likeness (QED) is 0.359. The van der Waals surface area contributed by atoms with Gasteiger partial charge >= 0.3 is 0 Å². The first kappa shape index (κ1) is 21.2. The fraction of sp³-hybridized carbons (Fsp3) is 0.273. The van der Waals surface area contributed by atoms with E-state index in [0.717, 1.165) is 0 Å². The molecule has 10 heteroatoms. The third-order valence-electron chi connectivity index (χ3n) is 5.55. The highest BCUT2D eigenvalue weighted by Gasteiger charge is 2.26. The molecule has 1 aliphatic rings. The molecule has 32 heavy (non-hydrogen) atoms. The summed E-state index contributed by atoms with van der Waals surface area (Å²) in [5.41, 5.74) is 0.981. The number of hydrogen-bond donors (Lipinski definition) is 1. The average Bonchev–Trinajstić information content (AvgIpc) is 3.25. The molecule has 1 amide bonds. The Bertz CT molecular complexity index is 1150. The molecular formula is C22H22N6O4. The molecule has 0 saturated carbocycles. The highest BCUT2D eigenvalue weighted by Crippen LogP contribution is 2.29. The summed E-state index contributed by atoms with van der Waals surface area (Å²) in [7, 11) is 1.69. The van der Waals surface area contributed by atoms with Crippen molar-refractivity contribution in [2.24, 2.45) is 7.05 Å². The second-order valence-electron chi connectivity index (χ2n) is 7.63. The zero-order valence-electron chi connectivity index (χ0n) is 17.5. The number of anilines is 1. The lowest BCUT2D eigenvalue weighted by atomic mass is 10.0. The molecule has 4 rings (SSSR count). The predicted molar refractivity (Wildman–Crippen MR) is 117 cm³/mol. The molecule has 0 atom stereocenters. The van der Waals surface area contributed by atoms with E-state index in [9.17, 15) is 19.7 Å². The number of likely N-dealkylation sites (tertiary alicyclic amines) is 1. The van der Waals surface area contributed by atoms with Gasteiger partial charge in [0.15, 0.2) is 5.82 Å². The fourth-order valence-electron chi connectivity index (χ4n) is 3.78. The van der Waals surface area contributed by atoms with Gasteiger partial charge in [-0.3, -0.25) is 24.7 Å². The first-order valence-electron chi connectivity index (χ1n) is 10.2. The van der Waals surface area contributed by atoms with E-state index in [2.05, 4.69) is 15.3 Å². The van der Waals surface area contributed by atoms with Gasteiger partial charge in [0.25, 0.3) is 11.6 Å². The van der Waals surface area contributed by atoms with Crippen molar-refractivity contribution in [3.63, 3.8) is 0 Å². The monoisotopic (exact) mass is 434 g/mol. The summed E-state index contributed by atoms with van der Waals surface area (Å²) in [6.45, 7) is 1.09. The van der Waals surface area contributed by atoms with Gasteiger partial charge in [0.2, 0.25) is 5.78 Å². The maximum absolute atomic E-state index is 12.7. The molecule has 0 unspecified atom stereocenters. The van der Waals surface area contributed by atoms with E-state index < -0.39 is 4.92 Å². The Hall–Kier alpha value is -4.08. The van der Waals surface area contributed by atoms with Crippen LogP contribution in [0.2, 0.25) is 0 Å². The molecule has 1 saturated heterocycles. The second kappa shape index (κ2) is 8.96. The van der Waals surface area contributed by atoms with Crippen LogP contribution in [0, 0.1) is 10.1 Å². The number of carbonyl (C=O) groups excluding carboxylic acids is 2. The van der Waals surface area contributed by atoms with Crippen molar-refractivity contribution >= 4 is 23.1 Å². The zero-order valence-corrected chi connectivity index (χ0v) is 17.5. The van der Waals surface area contributed by atoms with Crippen LogP contribution in [0.5, 0.6) is 0 Å². The van der Waals surface area contributed by atoms with Crippen molar-refractivity contribution in [2.45, 2.75) is 18.9 Å². The van der Waals surface area contributed by atoms with Crippen LogP contribution in [0.25, 0.3) is 0 Å². The van der Waals surface area contributed by atoms with Crippen molar-refractivity contribution < 1.29 is 14.5 Å². The van der Waals surface area contributed by atoms with Gasteiger partial charge < -0.3 is 14.8 Å². The van der Waals surface area contributed by atoms with E-state index in [-0.39, 0.29) is 34.8 Å². The SMILES string of the molecule is Cn1ccnc1C(=O)c1ccc(NC2CCN(C(=O)c3ccncc3)CC2)c([N+](=O)[O-])c1. The minimum atomic E-state index is -0.500. The Morgan fingerprint density at radius 2 is 1.81 bits per heavy atom. The molecule has 0 bridgehead atoms. The number of aromatic nitrogens is 3. The lowest BCUT2D eigenvalue weighted by molar-refractivity contribution is -0.384. The molecule has 1 aliphatic heterocycles. The van der Waals surface area contributed by atoms with Crippen LogP contribution in [0.15, 0.2) is 55.1 Å². The van der Waals surface area contributed by atoms with Gasteiger partial charge in [0.1, 0.15) is 5.69 Å². The van der Waals surface area contributed by atoms with E-state index in [1.807, 2.05) is 0 Å². The van der Waals surface area contributed by atoms with Gasteiger partial charge in [-0.05, 0) is 37.1 Å². The number of benzene rings is 1. The third kappa shape index (κ3) is 4.34. The van der Waals surface area contributed by atoms with Crippen LogP contribution in [0.4, 0.5) is 11.4 Å². The lowest BCUT2D eigenvalue weighted by Gasteiger charge is -2.32. The number of rotatable bonds is 6. The Kier molecular flexibility index (Phi) is 5.93. The molecule has 1 fully saturated rings. The highest BCUT2D eigenvalue weighted by atomic mass is 16.6. The standard InChI is InChI=1S/C22H22N6O4/c1-26-13-10-24-21(26)20(29)16-2-3-18(19(14-16)28(31)32)25-17-6-11-27(12-7-17)22(30)15-4-8-23-9-5-15/h2-5,8-10,13-14,17,25H,6-7,11-12H2,1H3. The first-order valence-corrected chi connectivity index (χ1v) is 10.2. The van der Waals surface area contributed by atoms with E-state index in [0.29, 0.717) is 37.2 Å². The van der Waals surface area contributed by atoms with E-state index in [1.165, 1.54) is 12.3 Å². The molecule has 3 aromatic rings. The third-order valence-corrected chi connectivity index (χ3v) is 5.55. The predicted octanol–water partition coefficient (Wildman–Crippen LogP) is 2.67. The normalized spacial score (nSPS) is 14.2. The van der Waals surface area contributed by atoms with Crippen LogP contribution in [0.3, 0.4) is 0 Å². The molecule has 0 radical (unpaired) electrons. The van der Waals surface area contributed by atoms with Crippen LogP contribution in [-0.2, 0) is 7.05 Å². The van der Waals surface area contributed by atoms with Crippen LogP contribution in [-0.4, -0.2) is 55.2 Å². The zero-order chi connectivity index (χ0) is 22.7. The first-order chi connectivity index (χ1) is 15.4. The summed E-state index contributed by atoms with van der Waals surface area (Å²) in [6.07, 6.45) is 7.63. The number of nitrogens with zero attached hydrogens (tertiary/aromatic N) is 5. The van der Waals surface area contributed by atoms with Gasteiger partial charge in [-0.15, -0.1) is 0 Å². The summed E-state index contributed by atoms with van der Waals surface area (Å²) in [4.78, 5) is 46.1. The topological polar surface area (TPSA) is 123 Å². The van der Waals surface area contributed by atoms with Gasteiger partial charge in [-0.1, -0.05) is 0 Å². The smallest absolute Gasteiger partial charge is 0.293 e. The molecule has 0 spiro atoms. The number of carbonyl (C=O) groups is 2. The summed E-state index contributed by atoms with van der Waals surface area (Å²) < 4.78 is 1.57. The van der Waals surface area contributed by atoms with Crippen molar-refractivity contribution in [1.29, 1.82) is 0 Å². The molecule has 10 nitrogen and oxygen atoms in total. The fourth-order valence-corrected chi connectivity index (χ4v) is 3.78. The van der Waals surface area contributed by atoms with Crippen LogP contribution < -0.4 is 5.32 Å². The number of nitro benzene ring substituents is 1. The molecular weight excluding hydrogens is 412 g/mol. The molecule has 0 aliphatic carbocycles. The minimum absolute atomic E-state index is 0.0220. The van der Waals surface area contributed by atoms with Crippen LogP contribution >= 0.6 is 0 Å². The van der Waals surface area contributed by atoms with Crippen LogP contribution in [0.1, 0.15) is 39.4 Å². The number of aryl methyl sites for hydroxylation is 1. The average molecular weight is 434 g/mol. The second-order valence-corrected chi connectivity index (χ2v) is 7.63. The molecule has 1 N–H and O–H groups in total. The number of imidazole rings is 1. The van der Waals surface area contributed by atoms with E-state index >= 15 is 0 Å². The summed E-state index contributed by atoms with van der Waals surface area (Å²) in [5.74, 6) is -0.213. The number of pyridine rings is 1. The highest BCUT2D eigenvalue weighted by molar-refractivity contribution is 6.07. The van der Waals surface area contributed by atoms with Crippen molar-refractivity contribution in [3.05, 3.63) is 82.2 Å².